The van der Waals surface area contributed by atoms with Gasteiger partial charge in [-0.2, -0.15) is 22.9 Å². The third-order valence-electron chi connectivity index (χ3n) is 4.95. The molecule has 0 spiro atoms. The van der Waals surface area contributed by atoms with Crippen molar-refractivity contribution in [2.24, 2.45) is 5.92 Å². The minimum absolute atomic E-state index is 0.0138. The normalized spacial score (nSPS) is 15.2. The van der Waals surface area contributed by atoms with Crippen LogP contribution in [0.5, 0.6) is 0 Å². The molecule has 11 heteroatoms. The molecule has 1 saturated heterocycles. The van der Waals surface area contributed by atoms with Crippen LogP contribution in [0.25, 0.3) is 5.65 Å². The van der Waals surface area contributed by atoms with Crippen LogP contribution >= 0.6 is 0 Å². The van der Waals surface area contributed by atoms with Gasteiger partial charge >= 0.3 is 6.18 Å². The number of fused-ring (bicyclic) bond motifs is 1. The minimum Gasteiger partial charge on any atom is -0.355 e. The molecule has 4 rings (SSSR count). The van der Waals surface area contributed by atoms with Gasteiger partial charge in [0.25, 0.3) is 5.82 Å². The highest BCUT2D eigenvalue weighted by molar-refractivity contribution is 5.92. The van der Waals surface area contributed by atoms with E-state index in [1.807, 2.05) is 11.0 Å². The first-order chi connectivity index (χ1) is 14.3. The fourth-order valence-corrected chi connectivity index (χ4v) is 3.41. The molecule has 0 radical (unpaired) electrons. The summed E-state index contributed by atoms with van der Waals surface area (Å²) >= 11 is 0. The number of carbonyl (C=O) groups excluding carboxylic acids is 1. The van der Waals surface area contributed by atoms with Crippen LogP contribution in [0.1, 0.15) is 24.2 Å². The number of anilines is 2. The van der Waals surface area contributed by atoms with Crippen LogP contribution < -0.4 is 10.2 Å². The number of halogens is 3. The zero-order valence-electron chi connectivity index (χ0n) is 15.6. The lowest BCUT2D eigenvalue weighted by atomic mass is 9.95. The third kappa shape index (κ3) is 3.89. The largest absolute Gasteiger partial charge is 0.453 e. The second kappa shape index (κ2) is 7.62. The van der Waals surface area contributed by atoms with Gasteiger partial charge in [-0.25, -0.2) is 0 Å². The Balaban J connectivity index is 1.43. The predicted octanol–water partition coefficient (Wildman–Crippen LogP) is 2.87. The van der Waals surface area contributed by atoms with Gasteiger partial charge in [0.15, 0.2) is 5.65 Å². The van der Waals surface area contributed by atoms with E-state index in [-0.39, 0.29) is 17.5 Å². The van der Waals surface area contributed by atoms with Crippen molar-refractivity contribution in [1.29, 1.82) is 5.26 Å². The zero-order valence-corrected chi connectivity index (χ0v) is 15.6. The molecule has 1 amide bonds. The van der Waals surface area contributed by atoms with Crippen molar-refractivity contribution in [3.8, 4) is 6.07 Å². The summed E-state index contributed by atoms with van der Waals surface area (Å²) in [7, 11) is 0. The number of nitriles is 1. The van der Waals surface area contributed by atoms with Crippen molar-refractivity contribution in [3.63, 3.8) is 0 Å². The number of aromatic nitrogens is 4. The summed E-state index contributed by atoms with van der Waals surface area (Å²) in [5.74, 6) is -1.19. The number of carbonyl (C=O) groups is 1. The SMILES string of the molecule is N#Cc1cccc(NC(=O)C2CCN(c3ccc4nnc(C(F)(F)F)n4n3)CC2)c1. The van der Waals surface area contributed by atoms with Crippen molar-refractivity contribution in [2.45, 2.75) is 19.0 Å². The number of rotatable bonds is 3. The molecular formula is C19H16F3N7O. The van der Waals surface area contributed by atoms with Crippen LogP contribution in [0.2, 0.25) is 0 Å². The van der Waals surface area contributed by atoms with E-state index in [0.29, 0.717) is 47.5 Å². The van der Waals surface area contributed by atoms with Gasteiger partial charge in [0.05, 0.1) is 11.6 Å². The van der Waals surface area contributed by atoms with E-state index in [9.17, 15) is 18.0 Å². The fourth-order valence-electron chi connectivity index (χ4n) is 3.41. The molecule has 3 aromatic rings. The van der Waals surface area contributed by atoms with Crippen molar-refractivity contribution in [3.05, 3.63) is 47.8 Å². The van der Waals surface area contributed by atoms with Gasteiger partial charge in [-0.1, -0.05) is 6.07 Å². The number of piperidine rings is 1. The lowest BCUT2D eigenvalue weighted by Gasteiger charge is -2.32. The average molecular weight is 415 g/mol. The highest BCUT2D eigenvalue weighted by Gasteiger charge is 2.38. The molecule has 0 saturated carbocycles. The number of amides is 1. The van der Waals surface area contributed by atoms with Crippen molar-refractivity contribution >= 4 is 23.1 Å². The summed E-state index contributed by atoms with van der Waals surface area (Å²) < 4.78 is 39.8. The van der Waals surface area contributed by atoms with Crippen LogP contribution in [0.4, 0.5) is 24.7 Å². The number of hydrogen-bond donors (Lipinski definition) is 1. The first kappa shape index (κ1) is 19.6. The second-order valence-corrected chi connectivity index (χ2v) is 6.93. The van der Waals surface area contributed by atoms with E-state index in [0.717, 1.165) is 0 Å². The molecule has 154 valence electrons. The van der Waals surface area contributed by atoms with E-state index < -0.39 is 12.0 Å². The summed E-state index contributed by atoms with van der Waals surface area (Å²) in [6.45, 7) is 0.941. The Hall–Kier alpha value is -3.68. The van der Waals surface area contributed by atoms with Crippen molar-refractivity contribution < 1.29 is 18.0 Å². The Morgan fingerprint density at radius 1 is 1.17 bits per heavy atom. The highest BCUT2D eigenvalue weighted by Crippen LogP contribution is 2.29. The van der Waals surface area contributed by atoms with Crippen LogP contribution in [0.3, 0.4) is 0 Å². The maximum absolute atomic E-state index is 13.1. The number of hydrogen-bond acceptors (Lipinski definition) is 6. The van der Waals surface area contributed by atoms with Crippen molar-refractivity contribution in [1.82, 2.24) is 19.8 Å². The Kier molecular flexibility index (Phi) is 4.99. The van der Waals surface area contributed by atoms with Crippen LogP contribution in [-0.2, 0) is 11.0 Å². The molecule has 0 atom stereocenters. The van der Waals surface area contributed by atoms with Crippen LogP contribution in [0.15, 0.2) is 36.4 Å². The lowest BCUT2D eigenvalue weighted by molar-refractivity contribution is -0.146. The van der Waals surface area contributed by atoms with Gasteiger partial charge in [0.1, 0.15) is 5.82 Å². The molecule has 30 heavy (non-hydrogen) atoms. The summed E-state index contributed by atoms with van der Waals surface area (Å²) in [5, 5.41) is 22.5. The Bertz CT molecular complexity index is 1130. The summed E-state index contributed by atoms with van der Waals surface area (Å²) in [5.41, 5.74) is 1.03. The van der Waals surface area contributed by atoms with E-state index in [2.05, 4.69) is 20.6 Å². The molecule has 3 heterocycles. The van der Waals surface area contributed by atoms with Gasteiger partial charge in [-0.15, -0.1) is 15.3 Å². The van der Waals surface area contributed by atoms with Gasteiger partial charge in [-0.3, -0.25) is 4.79 Å². The topological polar surface area (TPSA) is 99.2 Å². The average Bonchev–Trinajstić information content (AvgIpc) is 3.18. The van der Waals surface area contributed by atoms with Gasteiger partial charge < -0.3 is 10.2 Å². The molecule has 1 fully saturated rings. The molecule has 0 unspecified atom stereocenters. The second-order valence-electron chi connectivity index (χ2n) is 6.93. The predicted molar refractivity (Wildman–Crippen MR) is 101 cm³/mol. The summed E-state index contributed by atoms with van der Waals surface area (Å²) in [6.07, 6.45) is -3.60. The molecule has 2 aromatic heterocycles. The Morgan fingerprint density at radius 3 is 2.63 bits per heavy atom. The molecule has 0 bridgehead atoms. The van der Waals surface area contributed by atoms with E-state index >= 15 is 0 Å². The molecule has 1 N–H and O–H groups in total. The maximum atomic E-state index is 13.1. The minimum atomic E-state index is -4.65. The molecule has 1 aromatic carbocycles. The highest BCUT2D eigenvalue weighted by atomic mass is 19.4. The molecule has 1 aliphatic heterocycles. The molecule has 1 aliphatic rings. The van der Waals surface area contributed by atoms with Gasteiger partial charge in [-0.05, 0) is 43.2 Å². The quantitative estimate of drug-likeness (QED) is 0.706. The monoisotopic (exact) mass is 415 g/mol. The number of nitrogens with zero attached hydrogens (tertiary/aromatic N) is 6. The molecule has 0 aliphatic carbocycles. The first-order valence-electron chi connectivity index (χ1n) is 9.21. The zero-order chi connectivity index (χ0) is 21.3. The molecule has 8 nitrogen and oxygen atoms in total. The number of benzene rings is 1. The molecular weight excluding hydrogens is 399 g/mol. The van der Waals surface area contributed by atoms with E-state index in [1.54, 1.807) is 30.3 Å². The summed E-state index contributed by atoms with van der Waals surface area (Å²) in [4.78, 5) is 14.4. The standard InChI is InChI=1S/C19H16F3N7O/c20-19(21,22)18-26-25-15-4-5-16(27-29(15)18)28-8-6-13(7-9-28)17(30)24-14-3-1-2-12(10-14)11-23/h1-5,10,13H,6-9H2,(H,24,30). The maximum Gasteiger partial charge on any atom is 0.453 e. The third-order valence-corrected chi connectivity index (χ3v) is 4.95. The summed E-state index contributed by atoms with van der Waals surface area (Å²) in [6, 6.07) is 11.7. The fraction of sp³-hybridized carbons (Fsp3) is 0.316. The Labute approximate surface area is 168 Å². The van der Waals surface area contributed by atoms with E-state index in [1.165, 1.54) is 6.07 Å². The smallest absolute Gasteiger partial charge is 0.355 e. The number of nitrogens with one attached hydrogen (secondary N) is 1. The number of alkyl halides is 3. The lowest BCUT2D eigenvalue weighted by Crippen LogP contribution is -2.38. The Morgan fingerprint density at radius 2 is 1.93 bits per heavy atom. The first-order valence-corrected chi connectivity index (χ1v) is 9.21. The van der Waals surface area contributed by atoms with Crippen molar-refractivity contribution in [2.75, 3.05) is 23.3 Å². The van der Waals surface area contributed by atoms with Gasteiger partial charge in [0.2, 0.25) is 5.91 Å². The van der Waals surface area contributed by atoms with E-state index in [4.69, 9.17) is 5.26 Å². The van der Waals surface area contributed by atoms with Gasteiger partial charge in [0, 0.05) is 24.7 Å². The van der Waals surface area contributed by atoms with Crippen LogP contribution in [0, 0.1) is 17.2 Å². The van der Waals surface area contributed by atoms with Crippen LogP contribution in [-0.4, -0.2) is 38.8 Å².